The zero-order chi connectivity index (χ0) is 20.2. The normalized spacial score (nSPS) is 15.0. The molecular weight excluding hydrogens is 386 g/mol. The lowest BCUT2D eigenvalue weighted by Crippen LogP contribution is -2.46. The van der Waals surface area contributed by atoms with Gasteiger partial charge in [-0.3, -0.25) is 9.69 Å². The highest BCUT2D eigenvalue weighted by molar-refractivity contribution is 6.30. The first-order chi connectivity index (χ1) is 14.1. The second kappa shape index (κ2) is 8.89. The summed E-state index contributed by atoms with van der Waals surface area (Å²) in [6, 6.07) is 17.4. The molecule has 1 aliphatic heterocycles. The van der Waals surface area contributed by atoms with E-state index >= 15 is 0 Å². The van der Waals surface area contributed by atoms with Crippen molar-refractivity contribution in [2.45, 2.75) is 6.42 Å². The molecular formula is C23H26ClN3O2. The highest BCUT2D eigenvalue weighted by Crippen LogP contribution is 2.24. The highest BCUT2D eigenvalue weighted by atomic mass is 35.5. The summed E-state index contributed by atoms with van der Waals surface area (Å²) < 4.78 is 7.70. The van der Waals surface area contributed by atoms with E-state index < -0.39 is 0 Å². The number of fused-ring (bicyclic) bond motifs is 1. The lowest BCUT2D eigenvalue weighted by Gasteiger charge is -2.36. The van der Waals surface area contributed by atoms with Crippen LogP contribution in [0.2, 0.25) is 5.02 Å². The van der Waals surface area contributed by atoms with E-state index in [2.05, 4.69) is 21.9 Å². The van der Waals surface area contributed by atoms with E-state index in [9.17, 15) is 4.79 Å². The van der Waals surface area contributed by atoms with Crippen molar-refractivity contribution in [3.8, 4) is 5.75 Å². The highest BCUT2D eigenvalue weighted by Gasteiger charge is 2.16. The summed E-state index contributed by atoms with van der Waals surface area (Å²) in [5, 5.41) is 1.76. The average Bonchev–Trinajstić information content (AvgIpc) is 2.75. The molecule has 1 aliphatic rings. The van der Waals surface area contributed by atoms with Crippen LogP contribution in [-0.4, -0.2) is 48.8 Å². The van der Waals surface area contributed by atoms with Crippen LogP contribution in [0.15, 0.2) is 59.4 Å². The van der Waals surface area contributed by atoms with Crippen molar-refractivity contribution in [2.75, 3.05) is 44.2 Å². The van der Waals surface area contributed by atoms with Crippen LogP contribution in [-0.2, 0) is 7.05 Å². The Labute approximate surface area is 176 Å². The molecule has 0 amide bonds. The number of piperazine rings is 1. The van der Waals surface area contributed by atoms with E-state index in [1.165, 1.54) is 5.69 Å². The lowest BCUT2D eigenvalue weighted by molar-refractivity contribution is 0.225. The molecule has 2 aromatic carbocycles. The van der Waals surface area contributed by atoms with Gasteiger partial charge in [-0.05, 0) is 48.9 Å². The molecule has 0 N–H and O–H groups in total. The number of halogens is 1. The minimum Gasteiger partial charge on any atom is -0.493 e. The maximum atomic E-state index is 11.8. The molecule has 0 aliphatic carbocycles. The van der Waals surface area contributed by atoms with Gasteiger partial charge in [0, 0.05) is 61.9 Å². The van der Waals surface area contributed by atoms with Gasteiger partial charge in [0.15, 0.2) is 0 Å². The van der Waals surface area contributed by atoms with E-state index in [-0.39, 0.29) is 5.56 Å². The number of nitrogens with zero attached hydrogens (tertiary/aromatic N) is 3. The molecule has 0 atom stereocenters. The number of ether oxygens (including phenoxy) is 1. The zero-order valence-corrected chi connectivity index (χ0v) is 17.4. The molecule has 5 nitrogen and oxygen atoms in total. The van der Waals surface area contributed by atoms with Crippen molar-refractivity contribution < 1.29 is 4.74 Å². The van der Waals surface area contributed by atoms with Gasteiger partial charge in [-0.25, -0.2) is 0 Å². The van der Waals surface area contributed by atoms with Crippen LogP contribution in [0.1, 0.15) is 6.42 Å². The van der Waals surface area contributed by atoms with Crippen LogP contribution >= 0.6 is 11.6 Å². The van der Waals surface area contributed by atoms with Crippen molar-refractivity contribution in [3.05, 3.63) is 70.0 Å². The van der Waals surface area contributed by atoms with Crippen LogP contribution < -0.4 is 15.2 Å². The SMILES string of the molecule is Cn1c(=O)ccc2c(OCCCN3CCN(c4ccc(Cl)cc4)CC3)cccc21. The third-order valence-corrected chi connectivity index (χ3v) is 5.82. The van der Waals surface area contributed by atoms with Crippen LogP contribution in [0.5, 0.6) is 5.75 Å². The number of rotatable bonds is 6. The molecule has 0 unspecified atom stereocenters. The molecule has 0 bridgehead atoms. The van der Waals surface area contributed by atoms with E-state index in [4.69, 9.17) is 16.3 Å². The monoisotopic (exact) mass is 411 g/mol. The fourth-order valence-corrected chi connectivity index (χ4v) is 3.98. The van der Waals surface area contributed by atoms with E-state index in [0.29, 0.717) is 6.61 Å². The first-order valence-corrected chi connectivity index (χ1v) is 10.4. The summed E-state index contributed by atoms with van der Waals surface area (Å²) in [6.45, 7) is 5.86. The van der Waals surface area contributed by atoms with Crippen LogP contribution in [0, 0.1) is 0 Å². The molecule has 3 aromatic rings. The van der Waals surface area contributed by atoms with Gasteiger partial charge in [-0.1, -0.05) is 17.7 Å². The number of benzene rings is 2. The summed E-state index contributed by atoms with van der Waals surface area (Å²) >= 11 is 5.98. The van der Waals surface area contributed by atoms with Crippen molar-refractivity contribution in [1.82, 2.24) is 9.47 Å². The van der Waals surface area contributed by atoms with Gasteiger partial charge in [-0.2, -0.15) is 0 Å². The summed E-state index contributed by atoms with van der Waals surface area (Å²) in [4.78, 5) is 16.7. The Morgan fingerprint density at radius 2 is 1.72 bits per heavy atom. The van der Waals surface area contributed by atoms with E-state index in [1.54, 1.807) is 17.7 Å². The van der Waals surface area contributed by atoms with Crippen molar-refractivity contribution >= 4 is 28.2 Å². The maximum absolute atomic E-state index is 11.8. The smallest absolute Gasteiger partial charge is 0.250 e. The van der Waals surface area contributed by atoms with Crippen LogP contribution in [0.4, 0.5) is 5.69 Å². The number of hydrogen-bond acceptors (Lipinski definition) is 4. The van der Waals surface area contributed by atoms with E-state index in [0.717, 1.165) is 60.8 Å². The molecule has 0 radical (unpaired) electrons. The minimum absolute atomic E-state index is 0.00704. The molecule has 1 fully saturated rings. The van der Waals surface area contributed by atoms with Crippen LogP contribution in [0.25, 0.3) is 10.9 Å². The Bertz CT molecular complexity index is 1020. The predicted molar refractivity (Wildman–Crippen MR) is 119 cm³/mol. The standard InChI is InChI=1S/C23H26ClN3O2/c1-25-21-4-2-5-22(20(21)10-11-23(25)28)29-17-3-12-26-13-15-27(16-14-26)19-8-6-18(24)7-9-19/h2,4-11H,3,12-17H2,1H3. The summed E-state index contributed by atoms with van der Waals surface area (Å²) in [6.07, 6.45) is 0.975. The number of aryl methyl sites for hydroxylation is 1. The van der Waals surface area contributed by atoms with Gasteiger partial charge in [0.1, 0.15) is 5.75 Å². The van der Waals surface area contributed by atoms with Crippen molar-refractivity contribution in [2.24, 2.45) is 7.05 Å². The number of hydrogen-bond donors (Lipinski definition) is 0. The topological polar surface area (TPSA) is 37.7 Å². The lowest BCUT2D eigenvalue weighted by atomic mass is 10.2. The van der Waals surface area contributed by atoms with Gasteiger partial charge in [0.25, 0.3) is 5.56 Å². The molecule has 0 saturated carbocycles. The third-order valence-electron chi connectivity index (χ3n) is 5.57. The second-order valence-corrected chi connectivity index (χ2v) is 7.86. The van der Waals surface area contributed by atoms with Gasteiger partial charge in [-0.15, -0.1) is 0 Å². The van der Waals surface area contributed by atoms with Gasteiger partial charge < -0.3 is 14.2 Å². The Morgan fingerprint density at radius 1 is 0.966 bits per heavy atom. The number of aromatic nitrogens is 1. The minimum atomic E-state index is -0.00704. The van der Waals surface area contributed by atoms with Gasteiger partial charge in [0.2, 0.25) is 0 Å². The summed E-state index contributed by atoms with van der Waals surface area (Å²) in [5.41, 5.74) is 2.13. The Hall–Kier alpha value is -2.50. The van der Waals surface area contributed by atoms with Gasteiger partial charge in [0.05, 0.1) is 12.1 Å². The fourth-order valence-electron chi connectivity index (χ4n) is 3.86. The molecule has 2 heterocycles. The Morgan fingerprint density at radius 3 is 2.48 bits per heavy atom. The number of pyridine rings is 1. The van der Waals surface area contributed by atoms with Crippen molar-refractivity contribution in [3.63, 3.8) is 0 Å². The Kier molecular flexibility index (Phi) is 6.07. The van der Waals surface area contributed by atoms with Crippen LogP contribution in [0.3, 0.4) is 0 Å². The van der Waals surface area contributed by atoms with Gasteiger partial charge >= 0.3 is 0 Å². The molecule has 0 spiro atoms. The number of anilines is 1. The molecule has 29 heavy (non-hydrogen) atoms. The first kappa shape index (κ1) is 19.8. The quantitative estimate of drug-likeness (QED) is 0.578. The summed E-state index contributed by atoms with van der Waals surface area (Å²) in [7, 11) is 1.79. The summed E-state index contributed by atoms with van der Waals surface area (Å²) in [5.74, 6) is 0.839. The molecule has 152 valence electrons. The largest absolute Gasteiger partial charge is 0.493 e. The first-order valence-electron chi connectivity index (χ1n) is 10.1. The van der Waals surface area contributed by atoms with Crippen molar-refractivity contribution in [1.29, 1.82) is 0 Å². The molecule has 1 saturated heterocycles. The van der Waals surface area contributed by atoms with E-state index in [1.807, 2.05) is 36.4 Å². The third kappa shape index (κ3) is 4.57. The average molecular weight is 412 g/mol. The molecule has 6 heteroatoms. The molecule has 4 rings (SSSR count). The molecule has 1 aromatic heterocycles. The second-order valence-electron chi connectivity index (χ2n) is 7.43. The fraction of sp³-hybridized carbons (Fsp3) is 0.348. The Balaban J connectivity index is 1.26. The predicted octanol–water partition coefficient (Wildman–Crippen LogP) is 3.78. The zero-order valence-electron chi connectivity index (χ0n) is 16.7. The maximum Gasteiger partial charge on any atom is 0.250 e.